The number of benzene rings is 1. The Balaban J connectivity index is 1.52. The summed E-state index contributed by atoms with van der Waals surface area (Å²) in [5.74, 6) is 0.744. The highest BCUT2D eigenvalue weighted by Gasteiger charge is 2.23. The molecule has 0 spiro atoms. The van der Waals surface area contributed by atoms with Gasteiger partial charge in [0.05, 0.1) is 24.5 Å². The van der Waals surface area contributed by atoms with E-state index >= 15 is 0 Å². The zero-order valence-corrected chi connectivity index (χ0v) is 15.4. The van der Waals surface area contributed by atoms with Crippen LogP contribution in [0.1, 0.15) is 28.5 Å². The van der Waals surface area contributed by atoms with Gasteiger partial charge in [-0.1, -0.05) is 28.9 Å². The number of ether oxygens (including phenoxy) is 1. The highest BCUT2D eigenvalue weighted by Crippen LogP contribution is 2.14. The zero-order chi connectivity index (χ0) is 19.0. The molecule has 8 nitrogen and oxygen atoms in total. The maximum atomic E-state index is 12.6. The summed E-state index contributed by atoms with van der Waals surface area (Å²) in [4.78, 5) is 29.3. The summed E-state index contributed by atoms with van der Waals surface area (Å²) in [6.45, 7) is 0.414. The third kappa shape index (κ3) is 3.45. The number of nitrogens with zero attached hydrogens (tertiary/aromatic N) is 4. The van der Waals surface area contributed by atoms with Gasteiger partial charge in [0.1, 0.15) is 6.54 Å². The van der Waals surface area contributed by atoms with Gasteiger partial charge in [-0.2, -0.15) is 4.98 Å². The van der Waals surface area contributed by atoms with E-state index in [0.717, 1.165) is 16.6 Å². The van der Waals surface area contributed by atoms with Crippen LogP contribution in [0.15, 0.2) is 38.4 Å². The van der Waals surface area contributed by atoms with Crippen molar-refractivity contribution in [2.24, 2.45) is 7.05 Å². The molecule has 0 amide bonds. The van der Waals surface area contributed by atoms with Crippen molar-refractivity contribution in [2.75, 3.05) is 0 Å². The Hall–Kier alpha value is -2.71. The van der Waals surface area contributed by atoms with E-state index in [9.17, 15) is 9.59 Å². The van der Waals surface area contributed by atoms with Crippen LogP contribution in [0.2, 0.25) is 5.02 Å². The molecular formula is C18H17ClN4O4. The van der Waals surface area contributed by atoms with Crippen LogP contribution in [-0.4, -0.2) is 19.3 Å². The average Bonchev–Trinajstić information content (AvgIpc) is 3.33. The summed E-state index contributed by atoms with van der Waals surface area (Å²) in [5, 5.41) is 4.63. The smallest absolute Gasteiger partial charge is 0.331 e. The van der Waals surface area contributed by atoms with Crippen LogP contribution in [0.3, 0.4) is 0 Å². The first kappa shape index (κ1) is 17.7. The van der Waals surface area contributed by atoms with Crippen molar-refractivity contribution in [3.63, 3.8) is 0 Å². The van der Waals surface area contributed by atoms with E-state index in [-0.39, 0.29) is 31.2 Å². The van der Waals surface area contributed by atoms with Gasteiger partial charge in [-0.05, 0) is 24.1 Å². The summed E-state index contributed by atoms with van der Waals surface area (Å²) in [5.41, 5.74) is 1.43. The molecule has 2 aromatic heterocycles. The maximum Gasteiger partial charge on any atom is 0.331 e. The number of rotatable bonds is 5. The van der Waals surface area contributed by atoms with Gasteiger partial charge in [0.25, 0.3) is 5.56 Å². The molecule has 4 rings (SSSR count). The van der Waals surface area contributed by atoms with Crippen molar-refractivity contribution < 1.29 is 9.26 Å². The van der Waals surface area contributed by atoms with E-state index in [0.29, 0.717) is 28.5 Å². The molecule has 9 heteroatoms. The molecule has 0 saturated carbocycles. The Morgan fingerprint density at radius 3 is 2.70 bits per heavy atom. The van der Waals surface area contributed by atoms with Crippen LogP contribution in [0.25, 0.3) is 0 Å². The maximum absolute atomic E-state index is 12.6. The first-order valence-electron chi connectivity index (χ1n) is 8.48. The predicted molar refractivity (Wildman–Crippen MR) is 96.7 cm³/mol. The fraction of sp³-hybridized carbons (Fsp3) is 0.333. The summed E-state index contributed by atoms with van der Waals surface area (Å²) < 4.78 is 13.0. The lowest BCUT2D eigenvalue weighted by molar-refractivity contribution is 0.131. The fourth-order valence-corrected chi connectivity index (χ4v) is 3.21. The van der Waals surface area contributed by atoms with Crippen molar-refractivity contribution in [1.29, 1.82) is 0 Å². The number of fused-ring (bicyclic) bond motifs is 1. The van der Waals surface area contributed by atoms with Crippen LogP contribution < -0.4 is 11.2 Å². The van der Waals surface area contributed by atoms with E-state index in [1.165, 1.54) is 4.57 Å². The Labute approximate surface area is 159 Å². The second-order valence-electron chi connectivity index (χ2n) is 6.38. The van der Waals surface area contributed by atoms with Crippen molar-refractivity contribution in [3.05, 3.63) is 78.7 Å². The number of halogens is 1. The standard InChI is InChI=1S/C18H17ClN4O4/c1-22-14-10-26-9-13(14)17(24)23(18(22)25)8-16-20-15(21-27-16)7-4-11-2-5-12(19)6-3-11/h2-3,5-6H,4,7-10H2,1H3. The lowest BCUT2D eigenvalue weighted by Gasteiger charge is -2.09. The molecule has 140 valence electrons. The molecular weight excluding hydrogens is 372 g/mol. The molecule has 0 radical (unpaired) electrons. The third-order valence-electron chi connectivity index (χ3n) is 4.61. The molecule has 3 aromatic rings. The van der Waals surface area contributed by atoms with Crippen molar-refractivity contribution in [3.8, 4) is 0 Å². The minimum Gasteiger partial charge on any atom is -0.370 e. The van der Waals surface area contributed by atoms with Gasteiger partial charge in [0, 0.05) is 18.5 Å². The number of hydrogen-bond acceptors (Lipinski definition) is 6. The average molecular weight is 389 g/mol. The summed E-state index contributed by atoms with van der Waals surface area (Å²) in [6.07, 6.45) is 1.31. The highest BCUT2D eigenvalue weighted by atomic mass is 35.5. The molecule has 0 bridgehead atoms. The van der Waals surface area contributed by atoms with E-state index < -0.39 is 5.69 Å². The second kappa shape index (κ2) is 7.13. The lowest BCUT2D eigenvalue weighted by Crippen LogP contribution is -2.42. The molecule has 0 unspecified atom stereocenters. The van der Waals surface area contributed by atoms with Crippen LogP contribution in [0.5, 0.6) is 0 Å². The van der Waals surface area contributed by atoms with E-state index in [1.807, 2.05) is 24.3 Å². The Morgan fingerprint density at radius 1 is 1.15 bits per heavy atom. The van der Waals surface area contributed by atoms with Gasteiger partial charge in [0.2, 0.25) is 5.89 Å². The number of aromatic nitrogens is 4. The van der Waals surface area contributed by atoms with Crippen LogP contribution >= 0.6 is 11.6 Å². The van der Waals surface area contributed by atoms with Gasteiger partial charge in [-0.15, -0.1) is 0 Å². The molecule has 0 saturated heterocycles. The fourth-order valence-electron chi connectivity index (χ4n) is 3.09. The van der Waals surface area contributed by atoms with Gasteiger partial charge >= 0.3 is 5.69 Å². The monoisotopic (exact) mass is 388 g/mol. The lowest BCUT2D eigenvalue weighted by atomic mass is 10.1. The Kier molecular flexibility index (Phi) is 4.67. The first-order valence-corrected chi connectivity index (χ1v) is 8.86. The van der Waals surface area contributed by atoms with Crippen molar-refractivity contribution in [2.45, 2.75) is 32.6 Å². The minimum absolute atomic E-state index is 0.0628. The van der Waals surface area contributed by atoms with Crippen LogP contribution in [0, 0.1) is 0 Å². The molecule has 1 aromatic carbocycles. The van der Waals surface area contributed by atoms with Crippen LogP contribution in [0.4, 0.5) is 0 Å². The minimum atomic E-state index is -0.426. The van der Waals surface area contributed by atoms with Crippen molar-refractivity contribution >= 4 is 11.6 Å². The topological polar surface area (TPSA) is 92.1 Å². The zero-order valence-electron chi connectivity index (χ0n) is 14.6. The largest absolute Gasteiger partial charge is 0.370 e. The van der Waals surface area contributed by atoms with Gasteiger partial charge in [0.15, 0.2) is 5.82 Å². The summed E-state index contributed by atoms with van der Waals surface area (Å²) in [7, 11) is 1.62. The Bertz CT molecular complexity index is 1100. The van der Waals surface area contributed by atoms with Crippen LogP contribution in [-0.2, 0) is 44.4 Å². The molecule has 1 aliphatic heterocycles. The summed E-state index contributed by atoms with van der Waals surface area (Å²) >= 11 is 5.88. The van der Waals surface area contributed by atoms with Gasteiger partial charge in [-0.3, -0.25) is 13.9 Å². The number of aryl methyl sites for hydroxylation is 2. The van der Waals surface area contributed by atoms with E-state index in [2.05, 4.69) is 10.1 Å². The quantitative estimate of drug-likeness (QED) is 0.656. The van der Waals surface area contributed by atoms with E-state index in [1.54, 1.807) is 7.05 Å². The normalized spacial score (nSPS) is 13.1. The molecule has 0 aliphatic carbocycles. The number of hydrogen-bond donors (Lipinski definition) is 0. The Morgan fingerprint density at radius 2 is 1.93 bits per heavy atom. The molecule has 0 N–H and O–H groups in total. The molecule has 3 heterocycles. The second-order valence-corrected chi connectivity index (χ2v) is 6.82. The predicted octanol–water partition coefficient (Wildman–Crippen LogP) is 1.45. The molecule has 0 atom stereocenters. The SMILES string of the molecule is Cn1c2c(c(=O)n(Cc3nc(CCc4ccc(Cl)cc4)no3)c1=O)COC2. The molecule has 0 fully saturated rings. The van der Waals surface area contributed by atoms with Gasteiger partial charge in [-0.25, -0.2) is 4.79 Å². The van der Waals surface area contributed by atoms with Gasteiger partial charge < -0.3 is 9.26 Å². The molecule has 1 aliphatic rings. The van der Waals surface area contributed by atoms with E-state index in [4.69, 9.17) is 20.9 Å². The molecule has 27 heavy (non-hydrogen) atoms. The summed E-state index contributed by atoms with van der Waals surface area (Å²) in [6, 6.07) is 7.55. The van der Waals surface area contributed by atoms with Crippen molar-refractivity contribution in [1.82, 2.24) is 19.3 Å². The first-order chi connectivity index (χ1) is 13.0. The highest BCUT2D eigenvalue weighted by molar-refractivity contribution is 6.30. The third-order valence-corrected chi connectivity index (χ3v) is 4.87.